The van der Waals surface area contributed by atoms with Gasteiger partial charge in [-0.2, -0.15) is 5.10 Å². The lowest BCUT2D eigenvalue weighted by Crippen LogP contribution is -2.56. The number of fused-ring (bicyclic) bond motifs is 1. The molecule has 2 atom stereocenters. The SMILES string of the molecule is CC(C)C[C@H](NC(=O)c1cc2ccccn2n1)C(=O)NN(CCC(N)=O)C(=O)C(F)Cl. The highest BCUT2D eigenvalue weighted by Crippen LogP contribution is 2.10. The summed E-state index contributed by atoms with van der Waals surface area (Å²) in [5.41, 5.74) is 5.63. The molecule has 0 bridgehead atoms. The van der Waals surface area contributed by atoms with Crippen LogP contribution in [0.1, 0.15) is 37.2 Å². The van der Waals surface area contributed by atoms with E-state index in [1.165, 1.54) is 4.52 Å². The van der Waals surface area contributed by atoms with Gasteiger partial charge in [0.15, 0.2) is 5.69 Å². The Labute approximate surface area is 182 Å². The number of amides is 4. The monoisotopic (exact) mass is 454 g/mol. The Morgan fingerprint density at radius 2 is 2.00 bits per heavy atom. The van der Waals surface area contributed by atoms with Crippen LogP contribution in [0.3, 0.4) is 0 Å². The van der Waals surface area contributed by atoms with Crippen LogP contribution in [0.2, 0.25) is 0 Å². The van der Waals surface area contributed by atoms with E-state index >= 15 is 0 Å². The first-order chi connectivity index (χ1) is 14.6. The summed E-state index contributed by atoms with van der Waals surface area (Å²) in [5.74, 6) is -3.39. The molecule has 12 heteroatoms. The Morgan fingerprint density at radius 1 is 1.29 bits per heavy atom. The molecule has 4 N–H and O–H groups in total. The number of hydrazine groups is 1. The smallest absolute Gasteiger partial charge is 0.291 e. The number of pyridine rings is 1. The Balaban J connectivity index is 2.16. The third kappa shape index (κ3) is 6.92. The van der Waals surface area contributed by atoms with Crippen molar-refractivity contribution in [1.29, 1.82) is 0 Å². The molecule has 10 nitrogen and oxygen atoms in total. The molecule has 0 fully saturated rings. The fraction of sp³-hybridized carbons (Fsp3) is 0.421. The van der Waals surface area contributed by atoms with Gasteiger partial charge in [0.1, 0.15) is 6.04 Å². The molecule has 0 aromatic carbocycles. The third-order valence-corrected chi connectivity index (χ3v) is 4.40. The molecule has 0 spiro atoms. The van der Waals surface area contributed by atoms with E-state index < -0.39 is 35.3 Å². The number of nitrogens with two attached hydrogens (primary N) is 1. The van der Waals surface area contributed by atoms with Crippen molar-refractivity contribution >= 4 is 40.7 Å². The van der Waals surface area contributed by atoms with Gasteiger partial charge in [0, 0.05) is 12.6 Å². The highest BCUT2D eigenvalue weighted by Gasteiger charge is 2.29. The third-order valence-electron chi connectivity index (χ3n) is 4.21. The largest absolute Gasteiger partial charge is 0.370 e. The molecule has 0 radical (unpaired) electrons. The van der Waals surface area contributed by atoms with Gasteiger partial charge >= 0.3 is 0 Å². The number of hydrogen-bond acceptors (Lipinski definition) is 5. The maximum atomic E-state index is 13.3. The summed E-state index contributed by atoms with van der Waals surface area (Å²) in [7, 11) is 0. The van der Waals surface area contributed by atoms with Crippen LogP contribution in [0, 0.1) is 5.92 Å². The number of nitrogens with one attached hydrogen (secondary N) is 2. The molecule has 0 aliphatic heterocycles. The van der Waals surface area contributed by atoms with E-state index in [9.17, 15) is 23.6 Å². The van der Waals surface area contributed by atoms with E-state index in [2.05, 4.69) is 15.8 Å². The van der Waals surface area contributed by atoms with E-state index in [1.54, 1.807) is 30.5 Å². The summed E-state index contributed by atoms with van der Waals surface area (Å²) in [6, 6.07) is 5.81. The zero-order chi connectivity index (χ0) is 23.1. The number of hydrogen-bond donors (Lipinski definition) is 3. The van der Waals surface area contributed by atoms with Crippen molar-refractivity contribution in [1.82, 2.24) is 25.4 Å². The van der Waals surface area contributed by atoms with Gasteiger partial charge in [-0.3, -0.25) is 24.6 Å². The van der Waals surface area contributed by atoms with Crippen molar-refractivity contribution in [2.75, 3.05) is 6.54 Å². The van der Waals surface area contributed by atoms with Crippen LogP contribution < -0.4 is 16.5 Å². The van der Waals surface area contributed by atoms with Crippen LogP contribution in [0.25, 0.3) is 5.52 Å². The van der Waals surface area contributed by atoms with E-state index in [4.69, 9.17) is 17.3 Å². The molecule has 2 heterocycles. The van der Waals surface area contributed by atoms with Crippen LogP contribution in [-0.4, -0.2) is 56.5 Å². The van der Waals surface area contributed by atoms with Crippen LogP contribution in [-0.2, 0) is 14.4 Å². The van der Waals surface area contributed by atoms with Gasteiger partial charge < -0.3 is 11.1 Å². The van der Waals surface area contributed by atoms with E-state index in [0.29, 0.717) is 10.5 Å². The van der Waals surface area contributed by atoms with Crippen LogP contribution in [0.15, 0.2) is 30.5 Å². The summed E-state index contributed by atoms with van der Waals surface area (Å²) in [6.07, 6.45) is 1.58. The lowest BCUT2D eigenvalue weighted by Gasteiger charge is -2.26. The zero-order valence-corrected chi connectivity index (χ0v) is 17.8. The minimum atomic E-state index is -2.43. The fourth-order valence-electron chi connectivity index (χ4n) is 2.76. The molecule has 31 heavy (non-hydrogen) atoms. The second-order valence-corrected chi connectivity index (χ2v) is 7.62. The Hall–Kier alpha value is -3.21. The first-order valence-electron chi connectivity index (χ1n) is 9.52. The normalized spacial score (nSPS) is 12.9. The first-order valence-corrected chi connectivity index (χ1v) is 9.95. The molecule has 0 aliphatic carbocycles. The highest BCUT2D eigenvalue weighted by molar-refractivity contribution is 6.29. The van der Waals surface area contributed by atoms with Crippen molar-refractivity contribution in [2.24, 2.45) is 11.7 Å². The average Bonchev–Trinajstić information content (AvgIpc) is 3.13. The second-order valence-electron chi connectivity index (χ2n) is 7.24. The molecule has 0 saturated carbocycles. The zero-order valence-electron chi connectivity index (χ0n) is 17.0. The molecule has 168 valence electrons. The van der Waals surface area contributed by atoms with Crippen molar-refractivity contribution in [3.8, 4) is 0 Å². The average molecular weight is 455 g/mol. The van der Waals surface area contributed by atoms with Crippen LogP contribution >= 0.6 is 11.6 Å². The van der Waals surface area contributed by atoms with Gasteiger partial charge in [-0.25, -0.2) is 13.9 Å². The molecule has 2 rings (SSSR count). The molecule has 1 unspecified atom stereocenters. The molecular weight excluding hydrogens is 431 g/mol. The molecule has 0 saturated heterocycles. The van der Waals surface area contributed by atoms with Gasteiger partial charge in [0.25, 0.3) is 23.4 Å². The predicted octanol–water partition coefficient (Wildman–Crippen LogP) is 0.748. The standard InChI is InChI=1S/C19H24ClFN6O4/c1-11(2)9-13(18(30)25-27(8-6-15(22)28)19(31)16(20)21)23-17(29)14-10-12-5-3-4-7-26(12)24-14/h3-5,7,10-11,13,16H,6,8-9H2,1-2H3,(H2,22,28)(H,23,29)(H,25,30)/t13-,16?/m0/s1. The minimum absolute atomic E-state index is 0.00570. The van der Waals surface area contributed by atoms with Crippen molar-refractivity contribution in [3.63, 3.8) is 0 Å². The maximum Gasteiger partial charge on any atom is 0.291 e. The van der Waals surface area contributed by atoms with E-state index in [-0.39, 0.29) is 31.0 Å². The van der Waals surface area contributed by atoms with Crippen molar-refractivity contribution < 1.29 is 23.6 Å². The number of nitrogens with zero attached hydrogens (tertiary/aromatic N) is 3. The number of aromatic nitrogens is 2. The topological polar surface area (TPSA) is 139 Å². The Morgan fingerprint density at radius 3 is 2.58 bits per heavy atom. The summed E-state index contributed by atoms with van der Waals surface area (Å²) in [4.78, 5) is 48.4. The second kappa shape index (κ2) is 10.7. The quantitative estimate of drug-likeness (QED) is 0.379. The first kappa shape index (κ1) is 24.1. The lowest BCUT2D eigenvalue weighted by molar-refractivity contribution is -0.144. The van der Waals surface area contributed by atoms with Gasteiger partial charge in [-0.1, -0.05) is 31.5 Å². The van der Waals surface area contributed by atoms with Crippen molar-refractivity contribution in [3.05, 3.63) is 36.2 Å². The number of primary amides is 1. The Bertz CT molecular complexity index is 931. The number of carbonyl (C=O) groups excluding carboxylic acids is 4. The summed E-state index contributed by atoms with van der Waals surface area (Å²) in [6.45, 7) is 3.30. The minimum Gasteiger partial charge on any atom is -0.370 e. The van der Waals surface area contributed by atoms with E-state index in [1.807, 2.05) is 13.8 Å². The molecule has 2 aromatic heterocycles. The summed E-state index contributed by atoms with van der Waals surface area (Å²) in [5, 5.41) is 7.31. The predicted molar refractivity (Wildman–Crippen MR) is 110 cm³/mol. The fourth-order valence-corrected chi connectivity index (χ4v) is 2.87. The van der Waals surface area contributed by atoms with Gasteiger partial charge in [0.05, 0.1) is 12.1 Å². The Kier molecular flexibility index (Phi) is 8.31. The number of carbonyl (C=O) groups is 4. The van der Waals surface area contributed by atoms with E-state index in [0.717, 1.165) is 0 Å². The highest BCUT2D eigenvalue weighted by atomic mass is 35.5. The number of rotatable bonds is 9. The van der Waals surface area contributed by atoms with Gasteiger partial charge in [-0.15, -0.1) is 0 Å². The maximum absolute atomic E-state index is 13.3. The molecule has 2 aromatic rings. The van der Waals surface area contributed by atoms with Crippen LogP contribution in [0.4, 0.5) is 4.39 Å². The number of halogens is 2. The molecule has 4 amide bonds. The number of alkyl halides is 2. The summed E-state index contributed by atoms with van der Waals surface area (Å²) < 4.78 is 14.8. The summed E-state index contributed by atoms with van der Waals surface area (Å²) >= 11 is 5.18. The van der Waals surface area contributed by atoms with Crippen LogP contribution in [0.5, 0.6) is 0 Å². The lowest BCUT2D eigenvalue weighted by atomic mass is 10.0. The van der Waals surface area contributed by atoms with Gasteiger partial charge in [-0.05, 0) is 30.5 Å². The van der Waals surface area contributed by atoms with Crippen molar-refractivity contribution in [2.45, 2.75) is 38.4 Å². The molecular formula is C19H24ClFN6O4. The van der Waals surface area contributed by atoms with Gasteiger partial charge in [0.2, 0.25) is 5.91 Å². The molecule has 0 aliphatic rings.